The molecule has 2 aromatic heterocycles. The second-order valence-corrected chi connectivity index (χ2v) is 9.72. The predicted molar refractivity (Wildman–Crippen MR) is 164 cm³/mol. The minimum absolute atomic E-state index is 0.208. The van der Waals surface area contributed by atoms with E-state index in [9.17, 15) is 4.79 Å². The van der Waals surface area contributed by atoms with E-state index in [0.717, 1.165) is 43.6 Å². The third kappa shape index (κ3) is 7.08. The van der Waals surface area contributed by atoms with Crippen molar-refractivity contribution in [3.05, 3.63) is 109 Å². The van der Waals surface area contributed by atoms with E-state index in [4.69, 9.17) is 0 Å². The zero-order valence-corrected chi connectivity index (χ0v) is 23.4. The third-order valence-corrected chi connectivity index (χ3v) is 7.05. The first-order valence-electron chi connectivity index (χ1n) is 13.8. The molecule has 4 rings (SSSR count). The quantitative estimate of drug-likeness (QED) is 0.251. The minimum atomic E-state index is -0.208. The van der Waals surface area contributed by atoms with E-state index in [2.05, 4.69) is 62.3 Å². The van der Waals surface area contributed by atoms with Crippen LogP contribution in [0.25, 0.3) is 11.5 Å². The van der Waals surface area contributed by atoms with E-state index < -0.39 is 0 Å². The summed E-state index contributed by atoms with van der Waals surface area (Å²) >= 11 is 0. The van der Waals surface area contributed by atoms with Crippen molar-refractivity contribution in [3.8, 4) is 5.82 Å². The lowest BCUT2D eigenvalue weighted by Crippen LogP contribution is -2.34. The number of pyridine rings is 1. The van der Waals surface area contributed by atoms with Crippen molar-refractivity contribution < 1.29 is 4.79 Å². The number of carbonyl (C=O) groups excluding carboxylic acids is 1. The van der Waals surface area contributed by atoms with Crippen molar-refractivity contribution in [3.63, 3.8) is 0 Å². The molecule has 1 saturated heterocycles. The molecular formula is C32H39N7O. The highest BCUT2D eigenvalue weighted by atomic mass is 16.1. The second kappa shape index (κ2) is 14.0. The zero-order valence-electron chi connectivity index (χ0n) is 23.4. The van der Waals surface area contributed by atoms with Crippen LogP contribution in [0.3, 0.4) is 0 Å². The SMILES string of the molecule is C=C/C=C(\C=C/C)N1CCC(CCNC(=O)c2cc(NC(=C)c3ccccc3NC)n(-c3ccccn3)n2)CC1. The normalized spacial score (nSPS) is 14.2. The average molecular weight is 538 g/mol. The van der Waals surface area contributed by atoms with Gasteiger partial charge in [0.25, 0.3) is 5.91 Å². The van der Waals surface area contributed by atoms with Gasteiger partial charge in [-0.2, -0.15) is 9.78 Å². The Labute approximate surface area is 237 Å². The molecule has 1 fully saturated rings. The van der Waals surface area contributed by atoms with Gasteiger partial charge in [0.1, 0.15) is 5.82 Å². The lowest BCUT2D eigenvalue weighted by molar-refractivity contribution is 0.0944. The highest BCUT2D eigenvalue weighted by molar-refractivity contribution is 5.94. The van der Waals surface area contributed by atoms with E-state index in [1.165, 1.54) is 5.70 Å². The zero-order chi connectivity index (χ0) is 28.3. The Kier molecular flexibility index (Phi) is 9.93. The largest absolute Gasteiger partial charge is 0.388 e. The summed E-state index contributed by atoms with van der Waals surface area (Å²) in [5.41, 5.74) is 4.08. The Bertz CT molecular complexity index is 1360. The van der Waals surface area contributed by atoms with Gasteiger partial charge in [-0.3, -0.25) is 4.79 Å². The van der Waals surface area contributed by atoms with Gasteiger partial charge in [-0.25, -0.2) is 4.98 Å². The molecule has 3 aromatic rings. The Morgan fingerprint density at radius 3 is 2.62 bits per heavy atom. The number of piperidine rings is 1. The maximum Gasteiger partial charge on any atom is 0.271 e. The molecule has 3 heterocycles. The molecule has 0 saturated carbocycles. The fourth-order valence-corrected chi connectivity index (χ4v) is 4.94. The lowest BCUT2D eigenvalue weighted by atomic mass is 9.93. The number of para-hydroxylation sites is 1. The molecule has 8 heteroatoms. The average Bonchev–Trinajstić information content (AvgIpc) is 3.41. The molecule has 1 amide bonds. The Hall–Kier alpha value is -4.59. The summed E-state index contributed by atoms with van der Waals surface area (Å²) in [4.78, 5) is 20.0. The maximum absolute atomic E-state index is 13.1. The lowest BCUT2D eigenvalue weighted by Gasteiger charge is -2.34. The topological polar surface area (TPSA) is 87.1 Å². The summed E-state index contributed by atoms with van der Waals surface area (Å²) < 4.78 is 1.64. The molecule has 0 atom stereocenters. The molecule has 0 bridgehead atoms. The molecule has 0 spiro atoms. The predicted octanol–water partition coefficient (Wildman–Crippen LogP) is 5.87. The molecule has 3 N–H and O–H groups in total. The number of anilines is 2. The van der Waals surface area contributed by atoms with Crippen LogP contribution in [0.15, 0.2) is 97.9 Å². The number of carbonyl (C=O) groups is 1. The van der Waals surface area contributed by atoms with E-state index in [1.807, 2.05) is 62.5 Å². The van der Waals surface area contributed by atoms with E-state index >= 15 is 0 Å². The molecule has 1 aromatic carbocycles. The maximum atomic E-state index is 13.1. The van der Waals surface area contributed by atoms with Gasteiger partial charge in [0.05, 0.1) is 0 Å². The number of hydrogen-bond acceptors (Lipinski definition) is 6. The fourth-order valence-electron chi connectivity index (χ4n) is 4.94. The van der Waals surface area contributed by atoms with Gasteiger partial charge in [0.15, 0.2) is 11.5 Å². The van der Waals surface area contributed by atoms with Crippen LogP contribution in [0.5, 0.6) is 0 Å². The Balaban J connectivity index is 1.39. The molecular weight excluding hydrogens is 498 g/mol. The highest BCUT2D eigenvalue weighted by Gasteiger charge is 2.21. The molecule has 1 aliphatic rings. The van der Waals surface area contributed by atoms with Crippen molar-refractivity contribution in [2.45, 2.75) is 26.2 Å². The number of amides is 1. The number of nitrogens with zero attached hydrogens (tertiary/aromatic N) is 4. The number of rotatable bonds is 12. The molecule has 8 nitrogen and oxygen atoms in total. The van der Waals surface area contributed by atoms with Crippen LogP contribution in [-0.2, 0) is 0 Å². The first-order chi connectivity index (χ1) is 19.5. The summed E-state index contributed by atoms with van der Waals surface area (Å²) in [6.45, 7) is 12.7. The van der Waals surface area contributed by atoms with E-state index in [0.29, 0.717) is 35.5 Å². The summed E-state index contributed by atoms with van der Waals surface area (Å²) in [5, 5.41) is 14.2. The molecule has 0 aliphatic carbocycles. The summed E-state index contributed by atoms with van der Waals surface area (Å²) in [5.74, 6) is 1.58. The standard InChI is InChI=1S/C32H39N7O/c1-5-11-26(12-6-2)38-21-17-25(18-22-38)16-20-35-32(40)29-23-31(39(37-29)30-15-9-10-19-34-30)36-24(3)27-13-7-8-14-28(27)33-4/h5-15,19,23,25,33,36H,1,3,16-18,20-22H2,2,4H3,(H,35,40)/b12-6-,26-11+. The Morgan fingerprint density at radius 2 is 1.93 bits per heavy atom. The first kappa shape index (κ1) is 28.4. The summed E-state index contributed by atoms with van der Waals surface area (Å²) in [6, 6.07) is 15.2. The van der Waals surface area contributed by atoms with Gasteiger partial charge in [-0.1, -0.05) is 49.6 Å². The van der Waals surface area contributed by atoms with Gasteiger partial charge < -0.3 is 20.9 Å². The van der Waals surface area contributed by atoms with Crippen LogP contribution in [0.1, 0.15) is 42.2 Å². The van der Waals surface area contributed by atoms with Crippen LogP contribution in [-0.4, -0.2) is 52.3 Å². The molecule has 0 radical (unpaired) electrons. The van der Waals surface area contributed by atoms with Crippen LogP contribution < -0.4 is 16.0 Å². The molecule has 40 heavy (non-hydrogen) atoms. The van der Waals surface area contributed by atoms with Crippen LogP contribution in [0, 0.1) is 5.92 Å². The van der Waals surface area contributed by atoms with Gasteiger partial charge in [-0.15, -0.1) is 0 Å². The van der Waals surface area contributed by atoms with Crippen molar-refractivity contribution in [1.82, 2.24) is 25.0 Å². The Morgan fingerprint density at radius 1 is 1.15 bits per heavy atom. The number of hydrogen-bond donors (Lipinski definition) is 3. The van der Waals surface area contributed by atoms with Crippen LogP contribution >= 0.6 is 0 Å². The van der Waals surface area contributed by atoms with Crippen molar-refractivity contribution in [1.29, 1.82) is 0 Å². The van der Waals surface area contributed by atoms with Gasteiger partial charge in [-0.05, 0) is 62.5 Å². The van der Waals surface area contributed by atoms with Gasteiger partial charge in [0, 0.05) is 61.6 Å². The van der Waals surface area contributed by atoms with Gasteiger partial charge >= 0.3 is 0 Å². The third-order valence-electron chi connectivity index (χ3n) is 7.05. The smallest absolute Gasteiger partial charge is 0.271 e. The monoisotopic (exact) mass is 537 g/mol. The summed E-state index contributed by atoms with van der Waals surface area (Å²) in [7, 11) is 1.87. The van der Waals surface area contributed by atoms with Crippen molar-refractivity contribution >= 4 is 23.1 Å². The van der Waals surface area contributed by atoms with E-state index in [-0.39, 0.29) is 5.91 Å². The molecule has 208 valence electrons. The van der Waals surface area contributed by atoms with Crippen LogP contribution in [0.4, 0.5) is 11.5 Å². The molecule has 1 aliphatic heterocycles. The summed E-state index contributed by atoms with van der Waals surface area (Å²) in [6.07, 6.45) is 12.9. The number of aromatic nitrogens is 3. The van der Waals surface area contributed by atoms with E-state index in [1.54, 1.807) is 16.9 Å². The number of allylic oxidation sites excluding steroid dienone is 4. The van der Waals surface area contributed by atoms with Gasteiger partial charge in [0.2, 0.25) is 0 Å². The van der Waals surface area contributed by atoms with Crippen LogP contribution in [0.2, 0.25) is 0 Å². The number of nitrogens with one attached hydrogen (secondary N) is 3. The molecule has 0 unspecified atom stereocenters. The van der Waals surface area contributed by atoms with Crippen molar-refractivity contribution in [2.24, 2.45) is 5.92 Å². The minimum Gasteiger partial charge on any atom is -0.388 e. The number of likely N-dealkylation sites (tertiary alicyclic amines) is 1. The number of benzene rings is 1. The highest BCUT2D eigenvalue weighted by Crippen LogP contribution is 2.26. The fraction of sp³-hybridized carbons (Fsp3) is 0.281. The van der Waals surface area contributed by atoms with Crippen molar-refractivity contribution in [2.75, 3.05) is 37.3 Å². The first-order valence-corrected chi connectivity index (χ1v) is 13.8. The second-order valence-electron chi connectivity index (χ2n) is 9.72.